The van der Waals surface area contributed by atoms with E-state index in [9.17, 15) is 13.2 Å². The number of nitrogens with one attached hydrogen (secondary N) is 2. The SMILES string of the molecule is Cc1cc(C(=O)N[C@H](C)C(C)C)ccc1NS(C)(=O)=O. The molecule has 0 aromatic heterocycles. The Bertz CT molecular complexity index is 594. The number of carbonyl (C=O) groups is 1. The fourth-order valence-electron chi connectivity index (χ4n) is 1.58. The number of carbonyl (C=O) groups excluding carboxylic acids is 1. The van der Waals surface area contributed by atoms with E-state index in [1.54, 1.807) is 25.1 Å². The lowest BCUT2D eigenvalue weighted by atomic mass is 10.0. The Labute approximate surface area is 120 Å². The molecular weight excluding hydrogens is 276 g/mol. The van der Waals surface area contributed by atoms with Gasteiger partial charge in [-0.15, -0.1) is 0 Å². The summed E-state index contributed by atoms with van der Waals surface area (Å²) in [5.41, 5.74) is 1.72. The van der Waals surface area contributed by atoms with Crippen molar-refractivity contribution in [3.05, 3.63) is 29.3 Å². The highest BCUT2D eigenvalue weighted by molar-refractivity contribution is 7.92. The topological polar surface area (TPSA) is 75.3 Å². The fraction of sp³-hybridized carbons (Fsp3) is 0.500. The number of benzene rings is 1. The first-order valence-electron chi connectivity index (χ1n) is 6.49. The second-order valence-corrected chi connectivity index (χ2v) is 7.16. The smallest absolute Gasteiger partial charge is 0.251 e. The zero-order chi connectivity index (χ0) is 15.5. The molecule has 0 unspecified atom stereocenters. The van der Waals surface area contributed by atoms with Gasteiger partial charge in [-0.05, 0) is 43.5 Å². The Morgan fingerprint density at radius 3 is 2.25 bits per heavy atom. The molecule has 1 atom stereocenters. The van der Waals surface area contributed by atoms with Crippen LogP contribution in [0.25, 0.3) is 0 Å². The van der Waals surface area contributed by atoms with Crippen LogP contribution < -0.4 is 10.0 Å². The largest absolute Gasteiger partial charge is 0.349 e. The van der Waals surface area contributed by atoms with Crippen LogP contribution in [0.15, 0.2) is 18.2 Å². The van der Waals surface area contributed by atoms with Gasteiger partial charge in [0, 0.05) is 11.6 Å². The molecule has 0 bridgehead atoms. The summed E-state index contributed by atoms with van der Waals surface area (Å²) in [5.74, 6) is 0.200. The van der Waals surface area contributed by atoms with Gasteiger partial charge in [-0.2, -0.15) is 0 Å². The second kappa shape index (κ2) is 6.26. The van der Waals surface area contributed by atoms with E-state index in [-0.39, 0.29) is 11.9 Å². The van der Waals surface area contributed by atoms with Gasteiger partial charge in [-0.1, -0.05) is 13.8 Å². The van der Waals surface area contributed by atoms with Crippen molar-refractivity contribution in [1.82, 2.24) is 5.32 Å². The van der Waals surface area contributed by atoms with E-state index in [0.29, 0.717) is 22.7 Å². The number of aryl methyl sites for hydroxylation is 1. The molecule has 0 aliphatic heterocycles. The summed E-state index contributed by atoms with van der Waals surface area (Å²) in [6, 6.07) is 4.97. The third-order valence-electron chi connectivity index (χ3n) is 3.14. The van der Waals surface area contributed by atoms with E-state index >= 15 is 0 Å². The van der Waals surface area contributed by atoms with Crippen LogP contribution in [0.4, 0.5) is 5.69 Å². The highest BCUT2D eigenvalue weighted by Crippen LogP contribution is 2.18. The lowest BCUT2D eigenvalue weighted by Crippen LogP contribution is -2.36. The minimum atomic E-state index is -3.31. The van der Waals surface area contributed by atoms with Crippen LogP contribution in [0.1, 0.15) is 36.7 Å². The van der Waals surface area contributed by atoms with Gasteiger partial charge in [0.25, 0.3) is 5.91 Å². The molecule has 1 aromatic rings. The lowest BCUT2D eigenvalue weighted by molar-refractivity contribution is 0.0930. The molecule has 0 spiro atoms. The molecule has 0 aliphatic carbocycles. The monoisotopic (exact) mass is 298 g/mol. The van der Waals surface area contributed by atoms with Crippen LogP contribution >= 0.6 is 0 Å². The van der Waals surface area contributed by atoms with Crippen molar-refractivity contribution in [1.29, 1.82) is 0 Å². The van der Waals surface area contributed by atoms with Crippen LogP contribution in [0.2, 0.25) is 0 Å². The molecule has 6 heteroatoms. The van der Waals surface area contributed by atoms with E-state index < -0.39 is 10.0 Å². The molecule has 2 N–H and O–H groups in total. The van der Waals surface area contributed by atoms with Crippen molar-refractivity contribution in [3.8, 4) is 0 Å². The Hall–Kier alpha value is -1.56. The average Bonchev–Trinajstić information content (AvgIpc) is 2.29. The third kappa shape index (κ3) is 4.85. The van der Waals surface area contributed by atoms with Gasteiger partial charge in [-0.25, -0.2) is 8.42 Å². The summed E-state index contributed by atoms with van der Waals surface area (Å²) in [6.45, 7) is 7.79. The predicted molar refractivity (Wildman–Crippen MR) is 81.4 cm³/mol. The van der Waals surface area contributed by atoms with E-state index in [1.807, 2.05) is 20.8 Å². The lowest BCUT2D eigenvalue weighted by Gasteiger charge is -2.18. The standard InChI is InChI=1S/C14H22N2O3S/c1-9(2)11(4)15-14(17)12-6-7-13(10(3)8-12)16-20(5,18)19/h6-9,11,16H,1-5H3,(H,15,17)/t11-/m1/s1. The van der Waals surface area contributed by atoms with Gasteiger partial charge in [0.05, 0.1) is 11.9 Å². The van der Waals surface area contributed by atoms with Crippen molar-refractivity contribution < 1.29 is 13.2 Å². The molecule has 0 aliphatic rings. The van der Waals surface area contributed by atoms with Crippen molar-refractivity contribution in [3.63, 3.8) is 0 Å². The molecule has 20 heavy (non-hydrogen) atoms. The molecule has 112 valence electrons. The summed E-state index contributed by atoms with van der Waals surface area (Å²) in [6.07, 6.45) is 1.09. The highest BCUT2D eigenvalue weighted by atomic mass is 32.2. The van der Waals surface area contributed by atoms with Crippen molar-refractivity contribution in [2.75, 3.05) is 11.0 Å². The maximum atomic E-state index is 12.1. The number of anilines is 1. The summed E-state index contributed by atoms with van der Waals surface area (Å²) < 4.78 is 24.8. The molecule has 0 saturated heterocycles. The molecule has 0 fully saturated rings. The van der Waals surface area contributed by atoms with Crippen molar-refractivity contribution >= 4 is 21.6 Å². The van der Waals surface area contributed by atoms with Gasteiger partial charge >= 0.3 is 0 Å². The van der Waals surface area contributed by atoms with Gasteiger partial charge in [0.15, 0.2) is 0 Å². The number of sulfonamides is 1. The summed E-state index contributed by atoms with van der Waals surface area (Å²) >= 11 is 0. The molecule has 0 heterocycles. The van der Waals surface area contributed by atoms with Gasteiger partial charge < -0.3 is 5.32 Å². The predicted octanol–water partition coefficient (Wildman–Crippen LogP) is 2.14. The van der Waals surface area contributed by atoms with Crippen LogP contribution in [-0.4, -0.2) is 26.6 Å². The number of hydrogen-bond acceptors (Lipinski definition) is 3. The number of hydrogen-bond donors (Lipinski definition) is 2. The first-order valence-corrected chi connectivity index (χ1v) is 8.38. The Morgan fingerprint density at radius 1 is 1.20 bits per heavy atom. The zero-order valence-corrected chi connectivity index (χ0v) is 13.3. The molecule has 0 radical (unpaired) electrons. The molecular formula is C14H22N2O3S. The normalized spacial score (nSPS) is 13.1. The van der Waals surface area contributed by atoms with Gasteiger partial charge in [0.1, 0.15) is 0 Å². The summed E-state index contributed by atoms with van der Waals surface area (Å²) in [4.78, 5) is 12.1. The highest BCUT2D eigenvalue weighted by Gasteiger charge is 2.14. The van der Waals surface area contributed by atoms with Crippen molar-refractivity contribution in [2.24, 2.45) is 5.92 Å². The summed E-state index contributed by atoms with van der Waals surface area (Å²) in [7, 11) is -3.31. The maximum absolute atomic E-state index is 12.1. The number of rotatable bonds is 5. The molecule has 1 amide bonds. The van der Waals surface area contributed by atoms with Gasteiger partial charge in [0.2, 0.25) is 10.0 Å². The first kappa shape index (κ1) is 16.5. The van der Waals surface area contributed by atoms with E-state index in [2.05, 4.69) is 10.0 Å². The van der Waals surface area contributed by atoms with Gasteiger partial charge in [-0.3, -0.25) is 9.52 Å². The Morgan fingerprint density at radius 2 is 1.80 bits per heavy atom. The number of amides is 1. The molecule has 0 saturated carbocycles. The van der Waals surface area contributed by atoms with Crippen LogP contribution in [0.3, 0.4) is 0 Å². The minimum Gasteiger partial charge on any atom is -0.349 e. The van der Waals surface area contributed by atoms with E-state index in [1.165, 1.54) is 0 Å². The van der Waals surface area contributed by atoms with Crippen LogP contribution in [0.5, 0.6) is 0 Å². The minimum absolute atomic E-state index is 0.0802. The van der Waals surface area contributed by atoms with Crippen LogP contribution in [0, 0.1) is 12.8 Å². The van der Waals surface area contributed by atoms with E-state index in [4.69, 9.17) is 0 Å². The third-order valence-corrected chi connectivity index (χ3v) is 3.73. The second-order valence-electron chi connectivity index (χ2n) is 5.41. The van der Waals surface area contributed by atoms with Crippen molar-refractivity contribution in [2.45, 2.75) is 33.7 Å². The first-order chi connectivity index (χ1) is 9.10. The summed E-state index contributed by atoms with van der Waals surface area (Å²) in [5, 5.41) is 2.91. The average molecular weight is 298 g/mol. The van der Waals surface area contributed by atoms with Crippen LogP contribution in [-0.2, 0) is 10.0 Å². The Balaban J connectivity index is 2.89. The van der Waals surface area contributed by atoms with E-state index in [0.717, 1.165) is 6.26 Å². The fourth-order valence-corrected chi connectivity index (χ4v) is 2.20. The Kier molecular flexibility index (Phi) is 5.16. The molecule has 1 rings (SSSR count). The molecule has 1 aromatic carbocycles. The maximum Gasteiger partial charge on any atom is 0.251 e. The quantitative estimate of drug-likeness (QED) is 0.874. The molecule has 5 nitrogen and oxygen atoms in total. The zero-order valence-electron chi connectivity index (χ0n) is 12.5.